The first-order chi connectivity index (χ1) is 13.1. The van der Waals surface area contributed by atoms with E-state index in [0.717, 1.165) is 16.9 Å². The minimum absolute atomic E-state index is 0.114. The number of hydrogen-bond donors (Lipinski definition) is 1. The summed E-state index contributed by atoms with van der Waals surface area (Å²) >= 11 is 0. The molecule has 1 N–H and O–H groups in total. The molecule has 8 heteroatoms. The van der Waals surface area contributed by atoms with Crippen LogP contribution in [0.15, 0.2) is 53.6 Å². The van der Waals surface area contributed by atoms with Crippen LogP contribution < -0.4 is 15.7 Å². The second-order valence-corrected chi connectivity index (χ2v) is 6.00. The maximum absolute atomic E-state index is 12.3. The molecule has 0 atom stereocenters. The molecule has 0 aliphatic heterocycles. The Hall–Kier alpha value is -3.42. The van der Waals surface area contributed by atoms with Crippen molar-refractivity contribution in [1.29, 1.82) is 0 Å². The lowest BCUT2D eigenvalue weighted by Gasteiger charge is -2.06. The molecule has 1 aromatic carbocycles. The van der Waals surface area contributed by atoms with Crippen LogP contribution in [0.3, 0.4) is 0 Å². The van der Waals surface area contributed by atoms with E-state index in [1.54, 1.807) is 32.6 Å². The summed E-state index contributed by atoms with van der Waals surface area (Å²) in [6.45, 7) is 0.611. The van der Waals surface area contributed by atoms with Gasteiger partial charge in [-0.25, -0.2) is 9.48 Å². The van der Waals surface area contributed by atoms with E-state index in [0.29, 0.717) is 18.9 Å². The highest BCUT2D eigenvalue weighted by Crippen LogP contribution is 2.12. The molecule has 140 valence electrons. The number of amides is 1. The number of methoxy groups -OCH3 is 1. The van der Waals surface area contributed by atoms with Crippen LogP contribution in [0.25, 0.3) is 11.4 Å². The van der Waals surface area contributed by atoms with E-state index in [9.17, 15) is 9.59 Å². The van der Waals surface area contributed by atoms with Gasteiger partial charge in [0, 0.05) is 31.5 Å². The van der Waals surface area contributed by atoms with Gasteiger partial charge in [0.1, 0.15) is 5.75 Å². The van der Waals surface area contributed by atoms with E-state index in [2.05, 4.69) is 15.4 Å². The van der Waals surface area contributed by atoms with Crippen molar-refractivity contribution in [3.05, 3.63) is 64.8 Å². The number of hydrogen-bond acceptors (Lipinski definition) is 5. The van der Waals surface area contributed by atoms with Crippen molar-refractivity contribution >= 4 is 5.91 Å². The minimum Gasteiger partial charge on any atom is -0.497 e. The summed E-state index contributed by atoms with van der Waals surface area (Å²) < 4.78 is 7.91. The number of carbonyl (C=O) groups is 1. The normalized spacial score (nSPS) is 10.6. The van der Waals surface area contributed by atoms with Crippen LogP contribution in [0, 0.1) is 0 Å². The monoisotopic (exact) mass is 367 g/mol. The first kappa shape index (κ1) is 18.4. The molecular weight excluding hydrogens is 346 g/mol. The third-order valence-corrected chi connectivity index (χ3v) is 4.13. The van der Waals surface area contributed by atoms with Crippen molar-refractivity contribution in [1.82, 2.24) is 24.6 Å². The highest BCUT2D eigenvalue weighted by molar-refractivity contribution is 5.78. The molecule has 0 fully saturated rings. The molecule has 1 amide bonds. The van der Waals surface area contributed by atoms with E-state index < -0.39 is 0 Å². The van der Waals surface area contributed by atoms with Crippen molar-refractivity contribution in [3.8, 4) is 17.1 Å². The number of benzene rings is 1. The molecule has 0 bridgehead atoms. The molecule has 0 aliphatic carbocycles. The Morgan fingerprint density at radius 2 is 2.00 bits per heavy atom. The Kier molecular flexibility index (Phi) is 5.65. The molecule has 0 spiro atoms. The minimum atomic E-state index is -0.238. The highest BCUT2D eigenvalue weighted by Gasteiger charge is 2.12. The zero-order valence-corrected chi connectivity index (χ0v) is 15.3. The van der Waals surface area contributed by atoms with Gasteiger partial charge in [-0.05, 0) is 29.8 Å². The van der Waals surface area contributed by atoms with Crippen LogP contribution in [-0.4, -0.2) is 38.9 Å². The maximum atomic E-state index is 12.3. The predicted octanol–water partition coefficient (Wildman–Crippen LogP) is 1.01. The fourth-order valence-corrected chi connectivity index (χ4v) is 2.67. The van der Waals surface area contributed by atoms with Gasteiger partial charge in [0.2, 0.25) is 5.91 Å². The summed E-state index contributed by atoms with van der Waals surface area (Å²) in [6, 6.07) is 11.0. The summed E-state index contributed by atoms with van der Waals surface area (Å²) in [5.41, 5.74) is 1.42. The standard InChI is InChI=1S/C19H21N5O3/c1-23-18(15-4-3-9-20-13-15)22-24(19(23)26)11-10-21-17(25)12-14-5-7-16(27-2)8-6-14/h3-9,13H,10-12H2,1-2H3,(H,21,25). The molecule has 3 rings (SSSR count). The fraction of sp³-hybridized carbons (Fsp3) is 0.263. The second kappa shape index (κ2) is 8.31. The van der Waals surface area contributed by atoms with Gasteiger partial charge in [0.15, 0.2) is 5.82 Å². The number of nitrogens with zero attached hydrogens (tertiary/aromatic N) is 4. The number of nitrogens with one attached hydrogen (secondary N) is 1. The summed E-state index contributed by atoms with van der Waals surface area (Å²) in [6.07, 6.45) is 3.59. The molecule has 0 saturated heterocycles. The summed E-state index contributed by atoms with van der Waals surface area (Å²) in [5.74, 6) is 1.17. The lowest BCUT2D eigenvalue weighted by Crippen LogP contribution is -2.32. The Balaban J connectivity index is 1.57. The quantitative estimate of drug-likeness (QED) is 0.673. The maximum Gasteiger partial charge on any atom is 0.345 e. The molecule has 2 heterocycles. The second-order valence-electron chi connectivity index (χ2n) is 6.00. The lowest BCUT2D eigenvalue weighted by atomic mass is 10.1. The average Bonchev–Trinajstić information content (AvgIpc) is 2.98. The number of pyridine rings is 1. The van der Waals surface area contributed by atoms with Gasteiger partial charge in [0.25, 0.3) is 0 Å². The van der Waals surface area contributed by atoms with Crippen LogP contribution in [0.2, 0.25) is 0 Å². The van der Waals surface area contributed by atoms with Crippen molar-refractivity contribution in [2.24, 2.45) is 7.05 Å². The highest BCUT2D eigenvalue weighted by atomic mass is 16.5. The van der Waals surface area contributed by atoms with E-state index in [1.807, 2.05) is 30.3 Å². The van der Waals surface area contributed by atoms with Gasteiger partial charge in [-0.1, -0.05) is 12.1 Å². The first-order valence-electron chi connectivity index (χ1n) is 8.52. The summed E-state index contributed by atoms with van der Waals surface area (Å²) in [5, 5.41) is 7.15. The van der Waals surface area contributed by atoms with Crippen LogP contribution >= 0.6 is 0 Å². The van der Waals surface area contributed by atoms with E-state index >= 15 is 0 Å². The van der Waals surface area contributed by atoms with Crippen molar-refractivity contribution in [2.45, 2.75) is 13.0 Å². The van der Waals surface area contributed by atoms with Gasteiger partial charge in [-0.3, -0.25) is 14.3 Å². The molecule has 0 radical (unpaired) electrons. The Morgan fingerprint density at radius 3 is 2.67 bits per heavy atom. The number of aromatic nitrogens is 4. The molecule has 0 saturated carbocycles. The fourth-order valence-electron chi connectivity index (χ4n) is 2.67. The summed E-state index contributed by atoms with van der Waals surface area (Å²) in [4.78, 5) is 28.4. The van der Waals surface area contributed by atoms with Gasteiger partial charge in [0.05, 0.1) is 20.1 Å². The number of ether oxygens (including phenoxy) is 1. The molecule has 0 aliphatic rings. The molecule has 27 heavy (non-hydrogen) atoms. The zero-order chi connectivity index (χ0) is 19.2. The smallest absolute Gasteiger partial charge is 0.345 e. The van der Waals surface area contributed by atoms with Crippen molar-refractivity contribution in [2.75, 3.05) is 13.7 Å². The topological polar surface area (TPSA) is 91.0 Å². The van der Waals surface area contributed by atoms with Crippen LogP contribution in [0.5, 0.6) is 5.75 Å². The largest absolute Gasteiger partial charge is 0.497 e. The molecule has 0 unspecified atom stereocenters. The number of rotatable bonds is 7. The lowest BCUT2D eigenvalue weighted by molar-refractivity contribution is -0.120. The van der Waals surface area contributed by atoms with Gasteiger partial charge in [-0.2, -0.15) is 0 Å². The SMILES string of the molecule is COc1ccc(CC(=O)NCCn2nc(-c3cccnc3)n(C)c2=O)cc1. The molecule has 3 aromatic rings. The van der Waals surface area contributed by atoms with Gasteiger partial charge in [-0.15, -0.1) is 5.10 Å². The van der Waals surface area contributed by atoms with Crippen LogP contribution in [-0.2, 0) is 24.8 Å². The third kappa shape index (κ3) is 4.41. The Labute approximate surface area is 156 Å². The van der Waals surface area contributed by atoms with Crippen molar-refractivity contribution in [3.63, 3.8) is 0 Å². The van der Waals surface area contributed by atoms with E-state index in [1.165, 1.54) is 9.25 Å². The summed E-state index contributed by atoms with van der Waals surface area (Å²) in [7, 11) is 3.26. The van der Waals surface area contributed by atoms with E-state index in [4.69, 9.17) is 4.74 Å². The Bertz CT molecular complexity index is 961. The van der Waals surface area contributed by atoms with Crippen LogP contribution in [0.4, 0.5) is 0 Å². The molecule has 2 aromatic heterocycles. The van der Waals surface area contributed by atoms with Crippen molar-refractivity contribution < 1.29 is 9.53 Å². The Morgan fingerprint density at radius 1 is 1.22 bits per heavy atom. The van der Waals surface area contributed by atoms with Gasteiger partial charge < -0.3 is 10.1 Å². The first-order valence-corrected chi connectivity index (χ1v) is 8.52. The number of carbonyl (C=O) groups excluding carboxylic acids is 1. The predicted molar refractivity (Wildman–Crippen MR) is 100 cm³/mol. The average molecular weight is 367 g/mol. The third-order valence-electron chi connectivity index (χ3n) is 4.13. The van der Waals surface area contributed by atoms with Crippen LogP contribution in [0.1, 0.15) is 5.56 Å². The molecule has 8 nitrogen and oxygen atoms in total. The molecular formula is C19H21N5O3. The van der Waals surface area contributed by atoms with Gasteiger partial charge >= 0.3 is 5.69 Å². The zero-order valence-electron chi connectivity index (χ0n) is 15.3. The van der Waals surface area contributed by atoms with E-state index in [-0.39, 0.29) is 18.0 Å².